The summed E-state index contributed by atoms with van der Waals surface area (Å²) >= 11 is 0. The molecule has 4 nitrogen and oxygen atoms in total. The first-order chi connectivity index (χ1) is 15.0. The highest BCUT2D eigenvalue weighted by Gasteiger charge is 2.36. The fourth-order valence-electron chi connectivity index (χ4n) is 5.10. The van der Waals surface area contributed by atoms with E-state index < -0.39 is 0 Å². The summed E-state index contributed by atoms with van der Waals surface area (Å²) in [6, 6.07) is 11.6. The van der Waals surface area contributed by atoms with E-state index in [4.69, 9.17) is 10.5 Å². The van der Waals surface area contributed by atoms with Crippen LogP contribution in [0.2, 0.25) is 0 Å². The van der Waals surface area contributed by atoms with Crippen LogP contribution in [0.4, 0.5) is 0 Å². The number of methoxy groups -OCH3 is 1. The Morgan fingerprint density at radius 3 is 2.52 bits per heavy atom. The number of nitrogens with zero attached hydrogens (tertiary/aromatic N) is 1. The predicted octanol–water partition coefficient (Wildman–Crippen LogP) is 5.41. The van der Waals surface area contributed by atoms with Crippen LogP contribution in [0.5, 0.6) is 5.75 Å². The molecule has 0 bridgehead atoms. The summed E-state index contributed by atoms with van der Waals surface area (Å²) in [5.74, 6) is 1.22. The van der Waals surface area contributed by atoms with Gasteiger partial charge >= 0.3 is 0 Å². The molecule has 1 unspecified atom stereocenters. The van der Waals surface area contributed by atoms with Gasteiger partial charge in [-0.2, -0.15) is 0 Å². The molecular formula is C27H34N2O2. The molecule has 0 aliphatic carbocycles. The van der Waals surface area contributed by atoms with Crippen LogP contribution in [-0.4, -0.2) is 30.5 Å². The molecule has 2 aliphatic heterocycles. The lowest BCUT2D eigenvalue weighted by atomic mass is 9.84. The van der Waals surface area contributed by atoms with Gasteiger partial charge < -0.3 is 15.4 Å². The molecule has 1 atom stereocenters. The molecule has 0 spiro atoms. The highest BCUT2D eigenvalue weighted by Crippen LogP contribution is 2.42. The van der Waals surface area contributed by atoms with Crippen LogP contribution in [0, 0.1) is 13.8 Å². The minimum absolute atomic E-state index is 0.303. The lowest BCUT2D eigenvalue weighted by Crippen LogP contribution is -2.38. The van der Waals surface area contributed by atoms with Crippen molar-refractivity contribution in [2.45, 2.75) is 65.5 Å². The highest BCUT2D eigenvalue weighted by atomic mass is 16.5. The molecule has 4 heteroatoms. The Morgan fingerprint density at radius 1 is 1.06 bits per heavy atom. The van der Waals surface area contributed by atoms with E-state index in [1.54, 1.807) is 7.11 Å². The smallest absolute Gasteiger partial charge is 0.223 e. The average molecular weight is 419 g/mol. The van der Waals surface area contributed by atoms with E-state index in [9.17, 15) is 4.79 Å². The summed E-state index contributed by atoms with van der Waals surface area (Å²) < 4.78 is 5.61. The summed E-state index contributed by atoms with van der Waals surface area (Å²) in [7, 11) is 1.73. The van der Waals surface area contributed by atoms with Gasteiger partial charge in [0.05, 0.1) is 7.11 Å². The topological polar surface area (TPSA) is 55.6 Å². The van der Waals surface area contributed by atoms with Gasteiger partial charge in [0, 0.05) is 19.0 Å². The first-order valence-electron chi connectivity index (χ1n) is 11.5. The summed E-state index contributed by atoms with van der Waals surface area (Å²) in [4.78, 5) is 14.4. The van der Waals surface area contributed by atoms with Crippen molar-refractivity contribution in [2.24, 2.45) is 5.73 Å². The summed E-state index contributed by atoms with van der Waals surface area (Å²) in [5.41, 5.74) is 10.3. The Labute approximate surface area is 185 Å². The molecule has 3 aromatic carbocycles. The van der Waals surface area contributed by atoms with Gasteiger partial charge in [-0.3, -0.25) is 4.79 Å². The van der Waals surface area contributed by atoms with Crippen molar-refractivity contribution in [2.75, 3.05) is 13.7 Å². The first kappa shape index (κ1) is 21.6. The van der Waals surface area contributed by atoms with Crippen molar-refractivity contribution in [1.29, 1.82) is 0 Å². The number of hydrogen-bond donors (Lipinski definition) is 1. The Balaban J connectivity index is 0.000000418. The van der Waals surface area contributed by atoms with Crippen LogP contribution in [0.3, 0.4) is 0 Å². The molecule has 164 valence electrons. The molecule has 0 saturated carbocycles. The molecule has 2 N–H and O–H groups in total. The molecule has 1 amide bonds. The number of amides is 1. The lowest BCUT2D eigenvalue weighted by molar-refractivity contribution is -0.129. The maximum atomic E-state index is 12.3. The lowest BCUT2D eigenvalue weighted by Gasteiger charge is -2.33. The number of nitrogens with two attached hydrogens (primary N) is 1. The van der Waals surface area contributed by atoms with E-state index in [-0.39, 0.29) is 0 Å². The molecule has 2 heterocycles. The Kier molecular flexibility index (Phi) is 6.19. The zero-order valence-corrected chi connectivity index (χ0v) is 19.3. The van der Waals surface area contributed by atoms with Gasteiger partial charge in [0.25, 0.3) is 0 Å². The Bertz CT molecular complexity index is 1130. The number of fused-ring (bicyclic) bond motifs is 7. The summed E-state index contributed by atoms with van der Waals surface area (Å²) in [6.45, 7) is 7.95. The quantitative estimate of drug-likeness (QED) is 0.579. The number of aryl methyl sites for hydroxylation is 2. The third-order valence-electron chi connectivity index (χ3n) is 6.79. The largest absolute Gasteiger partial charge is 0.496 e. The van der Waals surface area contributed by atoms with Crippen LogP contribution in [0.15, 0.2) is 30.3 Å². The van der Waals surface area contributed by atoms with Gasteiger partial charge in [-0.05, 0) is 90.0 Å². The summed E-state index contributed by atoms with van der Waals surface area (Å²) in [6.07, 6.45) is 5.03. The van der Waals surface area contributed by atoms with Gasteiger partial charge in [-0.15, -0.1) is 0 Å². The second-order valence-corrected chi connectivity index (χ2v) is 8.93. The Morgan fingerprint density at radius 2 is 1.84 bits per heavy atom. The third kappa shape index (κ3) is 3.89. The van der Waals surface area contributed by atoms with Gasteiger partial charge in [-0.25, -0.2) is 0 Å². The molecule has 5 rings (SSSR count). The fraction of sp³-hybridized carbons (Fsp3) is 0.444. The van der Waals surface area contributed by atoms with Gasteiger partial charge in [0.15, 0.2) is 0 Å². The molecule has 31 heavy (non-hydrogen) atoms. The number of rotatable bonds is 3. The van der Waals surface area contributed by atoms with Crippen molar-refractivity contribution in [3.63, 3.8) is 0 Å². The zero-order valence-electron chi connectivity index (χ0n) is 19.3. The van der Waals surface area contributed by atoms with Crippen LogP contribution >= 0.6 is 0 Å². The van der Waals surface area contributed by atoms with Gasteiger partial charge in [0.2, 0.25) is 5.91 Å². The standard InChI is InChI=1S/C23H23NO2.C4H11N/c1-13-4-6-16-17(8-13)18-9-14(2)22(26-3)11-20(18)21-12-24-15(10-19(16)21)5-7-23(24)25;1-2-3-4-5/h4,6,8-9,11,15H,5,7,10,12H2,1-3H3;2-5H2,1H3. The first-order valence-corrected chi connectivity index (χ1v) is 11.5. The number of ether oxygens (including phenoxy) is 1. The van der Waals surface area contributed by atoms with Crippen LogP contribution in [-0.2, 0) is 17.8 Å². The minimum atomic E-state index is 0.303. The van der Waals surface area contributed by atoms with Crippen molar-refractivity contribution >= 4 is 27.5 Å². The molecule has 0 aromatic heterocycles. The molecule has 0 radical (unpaired) electrons. The van der Waals surface area contributed by atoms with Crippen molar-refractivity contribution in [3.8, 4) is 5.75 Å². The van der Waals surface area contributed by atoms with E-state index in [0.717, 1.165) is 37.2 Å². The van der Waals surface area contributed by atoms with Crippen LogP contribution < -0.4 is 10.5 Å². The van der Waals surface area contributed by atoms with Crippen molar-refractivity contribution < 1.29 is 9.53 Å². The second kappa shape index (κ2) is 8.88. The second-order valence-electron chi connectivity index (χ2n) is 8.93. The number of carbonyl (C=O) groups excluding carboxylic acids is 1. The van der Waals surface area contributed by atoms with Crippen LogP contribution in [0.1, 0.15) is 54.9 Å². The Hall–Kier alpha value is -2.59. The monoisotopic (exact) mass is 418 g/mol. The molecule has 2 aliphatic rings. The maximum absolute atomic E-state index is 12.3. The molecular weight excluding hydrogens is 384 g/mol. The predicted molar refractivity (Wildman–Crippen MR) is 129 cm³/mol. The third-order valence-corrected chi connectivity index (χ3v) is 6.79. The fourth-order valence-corrected chi connectivity index (χ4v) is 5.10. The van der Waals surface area contributed by atoms with E-state index in [1.807, 2.05) is 0 Å². The number of benzene rings is 3. The van der Waals surface area contributed by atoms with E-state index in [2.05, 4.69) is 56.0 Å². The van der Waals surface area contributed by atoms with Crippen LogP contribution in [0.25, 0.3) is 21.5 Å². The SMILES string of the molecule is CCCCN.COc1cc2c3c(c4ccc(C)cc4c2cc1C)CC1CCC(=O)N1C3. The maximum Gasteiger partial charge on any atom is 0.223 e. The number of unbranched alkanes of at least 4 members (excludes halogenated alkanes) is 1. The number of carbonyl (C=O) groups is 1. The van der Waals surface area contributed by atoms with Gasteiger partial charge in [-0.1, -0.05) is 37.1 Å². The summed E-state index contributed by atoms with van der Waals surface area (Å²) in [5, 5.41) is 5.17. The minimum Gasteiger partial charge on any atom is -0.496 e. The molecule has 3 aromatic rings. The molecule has 1 saturated heterocycles. The average Bonchev–Trinajstić information content (AvgIpc) is 3.13. The van der Waals surface area contributed by atoms with E-state index in [1.165, 1.54) is 51.1 Å². The van der Waals surface area contributed by atoms with Crippen molar-refractivity contribution in [1.82, 2.24) is 4.90 Å². The van der Waals surface area contributed by atoms with E-state index >= 15 is 0 Å². The molecule has 1 fully saturated rings. The normalized spacial score (nSPS) is 17.4. The van der Waals surface area contributed by atoms with Gasteiger partial charge in [0.1, 0.15) is 5.75 Å². The van der Waals surface area contributed by atoms with E-state index in [0.29, 0.717) is 18.4 Å². The highest BCUT2D eigenvalue weighted by molar-refractivity contribution is 6.12. The van der Waals surface area contributed by atoms with Crippen molar-refractivity contribution in [3.05, 3.63) is 52.6 Å². The number of hydrogen-bond acceptors (Lipinski definition) is 3. The zero-order chi connectivity index (χ0) is 22.1.